The first-order valence-electron chi connectivity index (χ1n) is 7.62. The monoisotopic (exact) mass is 304 g/mol. The molecule has 1 atom stereocenters. The van der Waals surface area contributed by atoms with E-state index in [-0.39, 0.29) is 17.0 Å². The van der Waals surface area contributed by atoms with Gasteiger partial charge >= 0.3 is 12.0 Å². The van der Waals surface area contributed by atoms with Crippen molar-refractivity contribution in [2.45, 2.75) is 33.7 Å². The highest BCUT2D eigenvalue weighted by molar-refractivity contribution is 5.87. The van der Waals surface area contributed by atoms with Gasteiger partial charge in [0, 0.05) is 19.6 Å². The molecule has 1 aliphatic rings. The topological polar surface area (TPSA) is 69.6 Å². The molecule has 1 aromatic carbocycles. The van der Waals surface area contributed by atoms with Gasteiger partial charge in [0.05, 0.1) is 5.56 Å². The Balaban J connectivity index is 1.90. The third kappa shape index (κ3) is 4.23. The summed E-state index contributed by atoms with van der Waals surface area (Å²) >= 11 is 0. The van der Waals surface area contributed by atoms with Crippen molar-refractivity contribution in [3.05, 3.63) is 35.4 Å². The molecule has 0 saturated carbocycles. The van der Waals surface area contributed by atoms with Crippen molar-refractivity contribution in [3.63, 3.8) is 0 Å². The van der Waals surface area contributed by atoms with Gasteiger partial charge in [0.2, 0.25) is 0 Å². The summed E-state index contributed by atoms with van der Waals surface area (Å²) in [5, 5.41) is 11.8. The third-order valence-corrected chi connectivity index (χ3v) is 3.98. The number of hydrogen-bond donors (Lipinski definition) is 2. The van der Waals surface area contributed by atoms with Gasteiger partial charge in [-0.2, -0.15) is 0 Å². The number of benzene rings is 1. The highest BCUT2D eigenvalue weighted by atomic mass is 16.4. The number of amides is 2. The van der Waals surface area contributed by atoms with E-state index in [4.69, 9.17) is 5.11 Å². The summed E-state index contributed by atoms with van der Waals surface area (Å²) in [5.41, 5.74) is 1.29. The lowest BCUT2D eigenvalue weighted by Crippen LogP contribution is -2.50. The molecule has 1 aliphatic heterocycles. The van der Waals surface area contributed by atoms with Crippen molar-refractivity contribution in [2.24, 2.45) is 11.3 Å². The maximum absolute atomic E-state index is 12.3. The summed E-state index contributed by atoms with van der Waals surface area (Å²) in [7, 11) is 0. The second-order valence-corrected chi connectivity index (χ2v) is 7.01. The van der Waals surface area contributed by atoms with Gasteiger partial charge < -0.3 is 15.3 Å². The largest absolute Gasteiger partial charge is 0.478 e. The Morgan fingerprint density at radius 1 is 1.32 bits per heavy atom. The number of likely N-dealkylation sites (tertiary alicyclic amines) is 1. The fourth-order valence-corrected chi connectivity index (χ4v) is 3.24. The first-order chi connectivity index (χ1) is 10.3. The molecule has 2 amide bonds. The van der Waals surface area contributed by atoms with Crippen LogP contribution in [-0.2, 0) is 6.54 Å². The van der Waals surface area contributed by atoms with E-state index in [2.05, 4.69) is 26.1 Å². The summed E-state index contributed by atoms with van der Waals surface area (Å²) in [5.74, 6) is -0.440. The minimum atomic E-state index is -0.944. The molecular formula is C17H24N2O3. The fourth-order valence-electron chi connectivity index (χ4n) is 3.24. The number of urea groups is 1. The second kappa shape index (κ2) is 6.38. The van der Waals surface area contributed by atoms with Gasteiger partial charge in [-0.25, -0.2) is 9.59 Å². The lowest BCUT2D eigenvalue weighted by Gasteiger charge is -2.41. The standard InChI is InChI=1S/C17H24N2O3/c1-12-8-17(2,3)11-19(10-12)16(22)18-9-13-4-6-14(7-5-13)15(20)21/h4-7,12H,8-11H2,1-3H3,(H,18,22)(H,20,21). The quantitative estimate of drug-likeness (QED) is 0.902. The Kier molecular flexibility index (Phi) is 4.74. The molecule has 1 heterocycles. The first-order valence-corrected chi connectivity index (χ1v) is 7.62. The smallest absolute Gasteiger partial charge is 0.335 e. The van der Waals surface area contributed by atoms with E-state index in [0.29, 0.717) is 12.5 Å². The number of nitrogens with zero attached hydrogens (tertiary/aromatic N) is 1. The van der Waals surface area contributed by atoms with Crippen molar-refractivity contribution < 1.29 is 14.7 Å². The van der Waals surface area contributed by atoms with Gasteiger partial charge in [0.1, 0.15) is 0 Å². The Hall–Kier alpha value is -2.04. The minimum Gasteiger partial charge on any atom is -0.478 e. The van der Waals surface area contributed by atoms with Gasteiger partial charge in [-0.05, 0) is 35.4 Å². The van der Waals surface area contributed by atoms with Crippen molar-refractivity contribution in [1.82, 2.24) is 10.2 Å². The lowest BCUT2D eigenvalue weighted by molar-refractivity contribution is 0.0697. The number of carbonyl (C=O) groups excluding carboxylic acids is 1. The van der Waals surface area contributed by atoms with Crippen molar-refractivity contribution in [3.8, 4) is 0 Å². The molecule has 1 fully saturated rings. The highest BCUT2D eigenvalue weighted by Crippen LogP contribution is 2.31. The van der Waals surface area contributed by atoms with Crippen LogP contribution in [0, 0.1) is 11.3 Å². The Bertz CT molecular complexity index is 552. The van der Waals surface area contributed by atoms with E-state index in [1.807, 2.05) is 4.90 Å². The normalized spacial score (nSPS) is 20.5. The Morgan fingerprint density at radius 2 is 1.95 bits per heavy atom. The zero-order valence-corrected chi connectivity index (χ0v) is 13.4. The molecular weight excluding hydrogens is 280 g/mol. The number of nitrogens with one attached hydrogen (secondary N) is 1. The van der Waals surface area contributed by atoms with Gasteiger partial charge in [-0.3, -0.25) is 0 Å². The van der Waals surface area contributed by atoms with Crippen LogP contribution in [0.15, 0.2) is 24.3 Å². The van der Waals surface area contributed by atoms with Crippen LogP contribution >= 0.6 is 0 Å². The number of carboxylic acid groups (broad SMARTS) is 1. The maximum atomic E-state index is 12.3. The van der Waals surface area contributed by atoms with E-state index in [9.17, 15) is 9.59 Å². The van der Waals surface area contributed by atoms with Gasteiger partial charge in [0.15, 0.2) is 0 Å². The summed E-state index contributed by atoms with van der Waals surface area (Å²) in [4.78, 5) is 25.0. The molecule has 1 saturated heterocycles. The zero-order chi connectivity index (χ0) is 16.3. The lowest BCUT2D eigenvalue weighted by atomic mass is 9.79. The highest BCUT2D eigenvalue weighted by Gasteiger charge is 2.32. The van der Waals surface area contributed by atoms with E-state index < -0.39 is 5.97 Å². The number of piperidine rings is 1. The van der Waals surface area contributed by atoms with Crippen LogP contribution in [0.2, 0.25) is 0 Å². The number of rotatable bonds is 3. The van der Waals surface area contributed by atoms with E-state index >= 15 is 0 Å². The molecule has 2 rings (SSSR count). The van der Waals surface area contributed by atoms with Crippen LogP contribution < -0.4 is 5.32 Å². The van der Waals surface area contributed by atoms with Crippen LogP contribution in [0.3, 0.4) is 0 Å². The zero-order valence-electron chi connectivity index (χ0n) is 13.4. The van der Waals surface area contributed by atoms with Crippen LogP contribution in [0.4, 0.5) is 4.79 Å². The molecule has 0 aliphatic carbocycles. The summed E-state index contributed by atoms with van der Waals surface area (Å²) in [6, 6.07) is 6.51. The molecule has 0 aromatic heterocycles. The predicted molar refractivity (Wildman–Crippen MR) is 84.8 cm³/mol. The number of hydrogen-bond acceptors (Lipinski definition) is 2. The molecule has 2 N–H and O–H groups in total. The Labute approximate surface area is 131 Å². The SMILES string of the molecule is CC1CN(C(=O)NCc2ccc(C(=O)O)cc2)CC(C)(C)C1. The van der Waals surface area contributed by atoms with Crippen molar-refractivity contribution in [2.75, 3.05) is 13.1 Å². The average Bonchev–Trinajstić information content (AvgIpc) is 2.43. The van der Waals surface area contributed by atoms with Gasteiger partial charge in [-0.15, -0.1) is 0 Å². The van der Waals surface area contributed by atoms with Crippen molar-refractivity contribution >= 4 is 12.0 Å². The molecule has 22 heavy (non-hydrogen) atoms. The molecule has 5 nitrogen and oxygen atoms in total. The first kappa shape index (κ1) is 16.3. The van der Waals surface area contributed by atoms with E-state index in [0.717, 1.165) is 25.1 Å². The van der Waals surface area contributed by atoms with E-state index in [1.54, 1.807) is 24.3 Å². The van der Waals surface area contributed by atoms with Crippen LogP contribution in [-0.4, -0.2) is 35.1 Å². The van der Waals surface area contributed by atoms with Crippen LogP contribution in [0.5, 0.6) is 0 Å². The van der Waals surface area contributed by atoms with Crippen LogP contribution in [0.1, 0.15) is 43.1 Å². The molecule has 0 spiro atoms. The molecule has 0 radical (unpaired) electrons. The fraction of sp³-hybridized carbons (Fsp3) is 0.529. The number of carboxylic acids is 1. The van der Waals surface area contributed by atoms with Gasteiger partial charge in [0.25, 0.3) is 0 Å². The maximum Gasteiger partial charge on any atom is 0.335 e. The molecule has 1 aromatic rings. The molecule has 120 valence electrons. The van der Waals surface area contributed by atoms with E-state index in [1.165, 1.54) is 0 Å². The number of carbonyl (C=O) groups is 2. The predicted octanol–water partition coefficient (Wildman–Crippen LogP) is 2.96. The van der Waals surface area contributed by atoms with Gasteiger partial charge in [-0.1, -0.05) is 32.9 Å². The van der Waals surface area contributed by atoms with Crippen LogP contribution in [0.25, 0.3) is 0 Å². The minimum absolute atomic E-state index is 0.0538. The second-order valence-electron chi connectivity index (χ2n) is 7.01. The van der Waals surface area contributed by atoms with Crippen molar-refractivity contribution in [1.29, 1.82) is 0 Å². The molecule has 1 unspecified atom stereocenters. The molecule has 0 bridgehead atoms. The summed E-state index contributed by atoms with van der Waals surface area (Å²) in [6.45, 7) is 8.51. The third-order valence-electron chi connectivity index (χ3n) is 3.98. The summed E-state index contributed by atoms with van der Waals surface area (Å²) < 4.78 is 0. The summed E-state index contributed by atoms with van der Waals surface area (Å²) in [6.07, 6.45) is 1.13. The average molecular weight is 304 g/mol. The molecule has 5 heteroatoms. The number of aromatic carboxylic acids is 1. The Morgan fingerprint density at radius 3 is 2.50 bits per heavy atom.